The number of hydrogen-bond donors (Lipinski definition) is 2. The van der Waals surface area contributed by atoms with Crippen molar-refractivity contribution in [3.05, 3.63) is 58.4 Å². The molecule has 0 aliphatic rings. The number of hydrogen-bond acceptors (Lipinski definition) is 3. The van der Waals surface area contributed by atoms with Crippen LogP contribution in [0.5, 0.6) is 0 Å². The smallest absolute Gasteiger partial charge is 0.280 e. The van der Waals surface area contributed by atoms with Crippen molar-refractivity contribution in [1.82, 2.24) is 10.5 Å². The third-order valence-corrected chi connectivity index (χ3v) is 2.43. The van der Waals surface area contributed by atoms with Gasteiger partial charge >= 0.3 is 0 Å². The van der Waals surface area contributed by atoms with Crippen LogP contribution in [0.2, 0.25) is 0 Å². The predicted molar refractivity (Wildman–Crippen MR) is 67.0 cm³/mol. The highest BCUT2D eigenvalue weighted by atomic mass is 16.6. The number of rotatable bonds is 3. The van der Waals surface area contributed by atoms with Crippen molar-refractivity contribution in [3.8, 4) is 11.3 Å². The Morgan fingerprint density at radius 3 is 2.50 bits per heavy atom. The zero-order valence-electron chi connectivity index (χ0n) is 9.77. The van der Waals surface area contributed by atoms with E-state index in [4.69, 9.17) is 0 Å². The van der Waals surface area contributed by atoms with Crippen molar-refractivity contribution >= 4 is 5.91 Å². The van der Waals surface area contributed by atoms with Crippen LogP contribution in [0.4, 0.5) is 0 Å². The zero-order chi connectivity index (χ0) is 13.0. The number of hydroxylamine groups is 1. The highest BCUT2D eigenvalue weighted by Gasteiger charge is 2.10. The number of amides is 1. The standard InChI is InChI=1S/C13H12N2O3/c1-18-15-13(17)10-7-8-11(14-12(10)16)9-5-3-2-4-6-9/h2-8H,1H3,(H,14,16)(H,15,17). The number of carbonyl (C=O) groups is 1. The zero-order valence-corrected chi connectivity index (χ0v) is 9.77. The number of aromatic nitrogens is 1. The number of carbonyl (C=O) groups excluding carboxylic acids is 1. The second-order valence-electron chi connectivity index (χ2n) is 3.62. The summed E-state index contributed by atoms with van der Waals surface area (Å²) in [4.78, 5) is 30.4. The summed E-state index contributed by atoms with van der Waals surface area (Å²) < 4.78 is 0. The molecule has 0 bridgehead atoms. The van der Waals surface area contributed by atoms with E-state index in [1.165, 1.54) is 13.2 Å². The highest BCUT2D eigenvalue weighted by Crippen LogP contribution is 2.14. The molecule has 2 aromatic rings. The van der Waals surface area contributed by atoms with Crippen molar-refractivity contribution in [1.29, 1.82) is 0 Å². The van der Waals surface area contributed by atoms with Gasteiger partial charge in [-0.2, -0.15) is 0 Å². The Bertz CT molecular complexity index is 605. The Morgan fingerprint density at radius 1 is 1.17 bits per heavy atom. The van der Waals surface area contributed by atoms with Gasteiger partial charge in [-0.1, -0.05) is 30.3 Å². The maximum absolute atomic E-state index is 11.8. The molecule has 2 rings (SSSR count). The molecule has 0 saturated carbocycles. The van der Waals surface area contributed by atoms with E-state index in [2.05, 4.69) is 15.3 Å². The lowest BCUT2D eigenvalue weighted by Crippen LogP contribution is -2.28. The number of nitrogens with one attached hydrogen (secondary N) is 2. The van der Waals surface area contributed by atoms with Crippen LogP contribution in [0.1, 0.15) is 10.4 Å². The summed E-state index contributed by atoms with van der Waals surface area (Å²) in [5.41, 5.74) is 3.21. The molecule has 5 heteroatoms. The topological polar surface area (TPSA) is 71.2 Å². The van der Waals surface area contributed by atoms with Crippen LogP contribution in [0.25, 0.3) is 11.3 Å². The molecule has 0 unspecified atom stereocenters. The minimum Gasteiger partial charge on any atom is -0.321 e. The van der Waals surface area contributed by atoms with Crippen molar-refractivity contribution in [2.45, 2.75) is 0 Å². The van der Waals surface area contributed by atoms with Crippen molar-refractivity contribution in [2.75, 3.05) is 7.11 Å². The van der Waals surface area contributed by atoms with E-state index in [0.717, 1.165) is 5.56 Å². The van der Waals surface area contributed by atoms with Crippen LogP contribution in [0.3, 0.4) is 0 Å². The van der Waals surface area contributed by atoms with Gasteiger partial charge in [0.1, 0.15) is 5.56 Å². The Kier molecular flexibility index (Phi) is 3.54. The number of H-pyrrole nitrogens is 1. The maximum Gasteiger partial charge on any atom is 0.280 e. The fourth-order valence-corrected chi connectivity index (χ4v) is 1.59. The van der Waals surface area contributed by atoms with E-state index in [1.54, 1.807) is 6.07 Å². The number of pyridine rings is 1. The molecule has 2 N–H and O–H groups in total. The first kappa shape index (κ1) is 12.1. The summed E-state index contributed by atoms with van der Waals surface area (Å²) in [5, 5.41) is 0. The Labute approximate surface area is 103 Å². The average Bonchev–Trinajstić information content (AvgIpc) is 2.40. The van der Waals surface area contributed by atoms with Gasteiger partial charge in [0.2, 0.25) is 0 Å². The fourth-order valence-electron chi connectivity index (χ4n) is 1.59. The number of benzene rings is 1. The molecular formula is C13H12N2O3. The van der Waals surface area contributed by atoms with E-state index in [9.17, 15) is 9.59 Å². The molecule has 1 amide bonds. The molecule has 0 fully saturated rings. The SMILES string of the molecule is CONC(=O)c1ccc(-c2ccccc2)[nH]c1=O. The molecule has 0 spiro atoms. The summed E-state index contributed by atoms with van der Waals surface area (Å²) >= 11 is 0. The molecule has 1 aromatic heterocycles. The second kappa shape index (κ2) is 5.29. The van der Waals surface area contributed by atoms with Gasteiger partial charge in [-0.15, -0.1) is 0 Å². The third kappa shape index (κ3) is 2.46. The molecule has 5 nitrogen and oxygen atoms in total. The van der Waals surface area contributed by atoms with Gasteiger partial charge in [0.15, 0.2) is 0 Å². The lowest BCUT2D eigenvalue weighted by atomic mass is 10.1. The molecule has 0 aliphatic heterocycles. The first-order valence-electron chi connectivity index (χ1n) is 5.34. The second-order valence-corrected chi connectivity index (χ2v) is 3.62. The highest BCUT2D eigenvalue weighted by molar-refractivity contribution is 5.93. The van der Waals surface area contributed by atoms with Crippen LogP contribution >= 0.6 is 0 Å². The first-order chi connectivity index (χ1) is 8.72. The van der Waals surface area contributed by atoms with Gasteiger partial charge in [0, 0.05) is 5.69 Å². The van der Waals surface area contributed by atoms with Crippen LogP contribution < -0.4 is 11.0 Å². The van der Waals surface area contributed by atoms with Crippen molar-refractivity contribution < 1.29 is 9.63 Å². The van der Waals surface area contributed by atoms with E-state index in [0.29, 0.717) is 5.69 Å². The van der Waals surface area contributed by atoms with E-state index >= 15 is 0 Å². The molecular weight excluding hydrogens is 232 g/mol. The monoisotopic (exact) mass is 244 g/mol. The number of aromatic amines is 1. The van der Waals surface area contributed by atoms with Crippen molar-refractivity contribution in [2.24, 2.45) is 0 Å². The maximum atomic E-state index is 11.8. The molecule has 0 aliphatic carbocycles. The molecule has 0 saturated heterocycles. The fraction of sp³-hybridized carbons (Fsp3) is 0.0769. The molecule has 0 radical (unpaired) electrons. The van der Waals surface area contributed by atoms with Crippen LogP contribution in [0, 0.1) is 0 Å². The summed E-state index contributed by atoms with van der Waals surface area (Å²) in [7, 11) is 1.31. The van der Waals surface area contributed by atoms with Crippen molar-refractivity contribution in [3.63, 3.8) is 0 Å². The third-order valence-electron chi connectivity index (χ3n) is 2.43. The lowest BCUT2D eigenvalue weighted by Gasteiger charge is -2.04. The molecule has 92 valence electrons. The van der Waals surface area contributed by atoms with Crippen LogP contribution in [-0.4, -0.2) is 18.0 Å². The minimum atomic E-state index is -0.571. The Hall–Kier alpha value is -2.40. The van der Waals surface area contributed by atoms with Gasteiger partial charge in [-0.3, -0.25) is 14.4 Å². The quantitative estimate of drug-likeness (QED) is 0.800. The van der Waals surface area contributed by atoms with Gasteiger partial charge in [-0.05, 0) is 17.7 Å². The Balaban J connectivity index is 2.37. The summed E-state index contributed by atoms with van der Waals surface area (Å²) in [6, 6.07) is 12.5. The summed E-state index contributed by atoms with van der Waals surface area (Å²) in [6.07, 6.45) is 0. The Morgan fingerprint density at radius 2 is 1.89 bits per heavy atom. The molecule has 18 heavy (non-hydrogen) atoms. The predicted octanol–water partition coefficient (Wildman–Crippen LogP) is 1.33. The largest absolute Gasteiger partial charge is 0.321 e. The van der Waals surface area contributed by atoms with E-state index in [1.807, 2.05) is 30.3 Å². The summed E-state index contributed by atoms with van der Waals surface area (Å²) in [5.74, 6) is -0.571. The molecule has 1 heterocycles. The molecule has 0 atom stereocenters. The van der Waals surface area contributed by atoms with Gasteiger partial charge < -0.3 is 4.98 Å². The normalized spacial score (nSPS) is 10.1. The molecule has 1 aromatic carbocycles. The van der Waals surface area contributed by atoms with Crippen LogP contribution in [0.15, 0.2) is 47.3 Å². The first-order valence-corrected chi connectivity index (χ1v) is 5.34. The van der Waals surface area contributed by atoms with Crippen LogP contribution in [-0.2, 0) is 4.84 Å². The lowest BCUT2D eigenvalue weighted by molar-refractivity contribution is 0.0536. The summed E-state index contributed by atoms with van der Waals surface area (Å²) in [6.45, 7) is 0. The van der Waals surface area contributed by atoms with E-state index in [-0.39, 0.29) is 5.56 Å². The van der Waals surface area contributed by atoms with Gasteiger partial charge in [-0.25, -0.2) is 5.48 Å². The van der Waals surface area contributed by atoms with E-state index < -0.39 is 11.5 Å². The van der Waals surface area contributed by atoms with Gasteiger partial charge in [0.05, 0.1) is 7.11 Å². The average molecular weight is 244 g/mol. The minimum absolute atomic E-state index is 0.0107. The van der Waals surface area contributed by atoms with Gasteiger partial charge in [0.25, 0.3) is 11.5 Å².